The molecular weight excluding hydrogens is 365 g/mol. The van der Waals surface area contributed by atoms with E-state index in [0.29, 0.717) is 0 Å². The molecule has 0 bridgehead atoms. The van der Waals surface area contributed by atoms with Crippen molar-refractivity contribution in [1.29, 1.82) is 0 Å². The van der Waals surface area contributed by atoms with Gasteiger partial charge in [0.2, 0.25) is 0 Å². The highest BCUT2D eigenvalue weighted by atomic mass is 19.1. The molecule has 5 rings (SSSR count). The van der Waals surface area contributed by atoms with Crippen molar-refractivity contribution in [2.24, 2.45) is 0 Å². The van der Waals surface area contributed by atoms with Crippen LogP contribution in [0.25, 0.3) is 0 Å². The van der Waals surface area contributed by atoms with Crippen molar-refractivity contribution >= 4 is 5.82 Å². The fourth-order valence-corrected chi connectivity index (χ4v) is 4.91. The average Bonchev–Trinajstić information content (AvgIpc) is 2.70. The Morgan fingerprint density at radius 2 is 1.90 bits per heavy atom. The van der Waals surface area contributed by atoms with Gasteiger partial charge in [-0.3, -0.25) is 9.80 Å². The van der Waals surface area contributed by atoms with E-state index in [-0.39, 0.29) is 5.82 Å². The van der Waals surface area contributed by atoms with Gasteiger partial charge in [-0.25, -0.2) is 14.4 Å². The molecule has 1 aromatic carbocycles. The molecular formula is C23H30FN5. The van der Waals surface area contributed by atoms with Crippen LogP contribution in [0, 0.1) is 12.7 Å². The summed E-state index contributed by atoms with van der Waals surface area (Å²) in [5.74, 6) is 1.02. The molecule has 2 fully saturated rings. The summed E-state index contributed by atoms with van der Waals surface area (Å²) in [6.45, 7) is 8.82. The van der Waals surface area contributed by atoms with Gasteiger partial charge in [0.05, 0.1) is 5.69 Å². The molecule has 1 saturated carbocycles. The van der Waals surface area contributed by atoms with Crippen molar-refractivity contribution in [3.05, 3.63) is 52.7 Å². The second-order valence-corrected chi connectivity index (χ2v) is 8.71. The Bertz CT molecular complexity index is 874. The van der Waals surface area contributed by atoms with Crippen molar-refractivity contribution in [2.75, 3.05) is 37.6 Å². The lowest BCUT2D eigenvalue weighted by Crippen LogP contribution is -2.52. The maximum Gasteiger partial charge on any atom is 0.135 e. The normalized spacial score (nSPS) is 21.1. The summed E-state index contributed by atoms with van der Waals surface area (Å²) in [5.41, 5.74) is 4.27. The number of rotatable bonds is 4. The number of hydrogen-bond donors (Lipinski definition) is 0. The molecule has 29 heavy (non-hydrogen) atoms. The van der Waals surface area contributed by atoms with Gasteiger partial charge in [-0.15, -0.1) is 0 Å². The number of hydrogen-bond acceptors (Lipinski definition) is 5. The van der Waals surface area contributed by atoms with E-state index in [1.807, 2.05) is 13.0 Å². The monoisotopic (exact) mass is 395 g/mol. The second kappa shape index (κ2) is 8.00. The Hall–Kier alpha value is -2.05. The van der Waals surface area contributed by atoms with Gasteiger partial charge in [-0.2, -0.15) is 0 Å². The molecule has 5 nitrogen and oxygen atoms in total. The summed E-state index contributed by atoms with van der Waals surface area (Å²) in [5, 5.41) is 0. The predicted molar refractivity (Wildman–Crippen MR) is 112 cm³/mol. The maximum absolute atomic E-state index is 13.9. The minimum absolute atomic E-state index is 0.120. The summed E-state index contributed by atoms with van der Waals surface area (Å²) in [6.07, 6.45) is 6.84. The minimum atomic E-state index is -0.120. The first-order valence-corrected chi connectivity index (χ1v) is 11.0. The fraction of sp³-hybridized carbons (Fsp3) is 0.565. The van der Waals surface area contributed by atoms with Crippen LogP contribution in [-0.2, 0) is 19.5 Å². The standard InChI is InChI=1S/C23H30FN5/c1-17-18(4-2-7-21(17)24)14-27-9-8-20-22(15-27)25-16-26-23(20)29-12-10-28(11-13-29)19-5-3-6-19/h2,4,7,16,19H,3,5-6,8-15H2,1H3. The average molecular weight is 396 g/mol. The topological polar surface area (TPSA) is 35.5 Å². The summed E-state index contributed by atoms with van der Waals surface area (Å²) in [4.78, 5) is 16.8. The van der Waals surface area contributed by atoms with E-state index in [9.17, 15) is 4.39 Å². The fourth-order valence-electron chi connectivity index (χ4n) is 4.91. The SMILES string of the molecule is Cc1c(F)cccc1CN1CCc2c(ncnc2N2CCN(C3CCC3)CC2)C1. The van der Waals surface area contributed by atoms with Gasteiger partial charge in [0.15, 0.2) is 0 Å². The third-order valence-electron chi connectivity index (χ3n) is 7.04. The third kappa shape index (κ3) is 3.76. The zero-order valence-electron chi connectivity index (χ0n) is 17.3. The summed E-state index contributed by atoms with van der Waals surface area (Å²) in [7, 11) is 0. The van der Waals surface area contributed by atoms with Gasteiger partial charge in [-0.05, 0) is 43.4 Å². The molecule has 0 spiro atoms. The number of nitrogens with zero attached hydrogens (tertiary/aromatic N) is 5. The quantitative estimate of drug-likeness (QED) is 0.795. The van der Waals surface area contributed by atoms with Gasteiger partial charge in [-0.1, -0.05) is 18.6 Å². The van der Waals surface area contributed by atoms with Crippen LogP contribution in [0.2, 0.25) is 0 Å². The first kappa shape index (κ1) is 18.9. The number of anilines is 1. The number of halogens is 1. The molecule has 2 aromatic rings. The maximum atomic E-state index is 13.9. The van der Waals surface area contributed by atoms with Gasteiger partial charge >= 0.3 is 0 Å². The van der Waals surface area contributed by atoms with Gasteiger partial charge < -0.3 is 4.90 Å². The van der Waals surface area contributed by atoms with Crippen LogP contribution in [0.15, 0.2) is 24.5 Å². The summed E-state index contributed by atoms with van der Waals surface area (Å²) < 4.78 is 13.9. The lowest BCUT2D eigenvalue weighted by molar-refractivity contribution is 0.120. The second-order valence-electron chi connectivity index (χ2n) is 8.71. The zero-order chi connectivity index (χ0) is 19.8. The molecule has 6 heteroatoms. The van der Waals surface area contributed by atoms with E-state index in [2.05, 4.69) is 24.7 Å². The molecule has 0 radical (unpaired) electrons. The van der Waals surface area contributed by atoms with Crippen molar-refractivity contribution in [1.82, 2.24) is 19.8 Å². The third-order valence-corrected chi connectivity index (χ3v) is 7.04. The highest BCUT2D eigenvalue weighted by Gasteiger charge is 2.30. The van der Waals surface area contributed by atoms with Crippen LogP contribution in [0.4, 0.5) is 10.2 Å². The van der Waals surface area contributed by atoms with E-state index in [4.69, 9.17) is 0 Å². The van der Waals surface area contributed by atoms with E-state index in [0.717, 1.165) is 80.9 Å². The van der Waals surface area contributed by atoms with Crippen molar-refractivity contribution < 1.29 is 4.39 Å². The molecule has 1 aromatic heterocycles. The Labute approximate surface area is 172 Å². The molecule has 3 aliphatic rings. The van der Waals surface area contributed by atoms with Crippen LogP contribution >= 0.6 is 0 Å². The number of piperazine rings is 1. The molecule has 0 amide bonds. The molecule has 1 saturated heterocycles. The van der Waals surface area contributed by atoms with Crippen molar-refractivity contribution in [3.8, 4) is 0 Å². The first-order valence-electron chi connectivity index (χ1n) is 11.0. The van der Waals surface area contributed by atoms with Crippen molar-refractivity contribution in [3.63, 3.8) is 0 Å². The molecule has 0 N–H and O–H groups in total. The van der Waals surface area contributed by atoms with Crippen LogP contribution in [0.1, 0.15) is 41.6 Å². The van der Waals surface area contributed by atoms with Crippen LogP contribution in [0.3, 0.4) is 0 Å². The zero-order valence-corrected chi connectivity index (χ0v) is 17.3. The molecule has 1 aliphatic carbocycles. The van der Waals surface area contributed by atoms with Gasteiger partial charge in [0.25, 0.3) is 0 Å². The van der Waals surface area contributed by atoms with E-state index >= 15 is 0 Å². The Kier molecular flexibility index (Phi) is 5.22. The molecule has 154 valence electrons. The first-order chi connectivity index (χ1) is 14.2. The lowest BCUT2D eigenvalue weighted by Gasteiger charge is -2.43. The molecule has 0 unspecified atom stereocenters. The van der Waals surface area contributed by atoms with Gasteiger partial charge in [0.1, 0.15) is 18.0 Å². The highest BCUT2D eigenvalue weighted by Crippen LogP contribution is 2.30. The summed E-state index contributed by atoms with van der Waals surface area (Å²) >= 11 is 0. The Balaban J connectivity index is 1.27. The predicted octanol–water partition coefficient (Wildman–Crippen LogP) is 3.16. The lowest BCUT2D eigenvalue weighted by atomic mass is 9.91. The number of aromatic nitrogens is 2. The molecule has 3 heterocycles. The number of benzene rings is 1. The smallest absolute Gasteiger partial charge is 0.135 e. The largest absolute Gasteiger partial charge is 0.354 e. The van der Waals surface area contributed by atoms with Crippen LogP contribution in [0.5, 0.6) is 0 Å². The van der Waals surface area contributed by atoms with Crippen LogP contribution in [-0.4, -0.2) is 58.5 Å². The van der Waals surface area contributed by atoms with E-state index in [1.54, 1.807) is 12.4 Å². The minimum Gasteiger partial charge on any atom is -0.354 e. The number of fused-ring (bicyclic) bond motifs is 1. The van der Waals surface area contributed by atoms with Crippen LogP contribution < -0.4 is 4.90 Å². The molecule has 0 atom stereocenters. The summed E-state index contributed by atoms with van der Waals surface area (Å²) in [6, 6.07) is 6.20. The van der Waals surface area contributed by atoms with E-state index < -0.39 is 0 Å². The van der Waals surface area contributed by atoms with E-state index in [1.165, 1.54) is 30.9 Å². The van der Waals surface area contributed by atoms with Crippen molar-refractivity contribution in [2.45, 2.75) is 51.7 Å². The molecule has 2 aliphatic heterocycles. The van der Waals surface area contributed by atoms with Gasteiger partial charge in [0, 0.05) is 57.4 Å². The highest BCUT2D eigenvalue weighted by molar-refractivity contribution is 5.50. The Morgan fingerprint density at radius 1 is 1.07 bits per heavy atom. The Morgan fingerprint density at radius 3 is 2.66 bits per heavy atom.